The highest BCUT2D eigenvalue weighted by Gasteiger charge is 2.36. The van der Waals surface area contributed by atoms with Gasteiger partial charge in [0.2, 0.25) is 0 Å². The normalized spacial score (nSPS) is 20.1. The maximum atomic E-state index is 12.9. The van der Waals surface area contributed by atoms with Crippen LogP contribution in [0.1, 0.15) is 66.2 Å². The van der Waals surface area contributed by atoms with Crippen LogP contribution < -0.4 is 5.73 Å². The minimum absolute atomic E-state index is 0. The lowest BCUT2D eigenvalue weighted by molar-refractivity contribution is 0.0527. The van der Waals surface area contributed by atoms with Crippen molar-refractivity contribution in [3.63, 3.8) is 0 Å². The van der Waals surface area contributed by atoms with Crippen molar-refractivity contribution in [1.82, 2.24) is 9.88 Å². The van der Waals surface area contributed by atoms with E-state index in [4.69, 9.17) is 5.73 Å². The predicted octanol–water partition coefficient (Wildman–Crippen LogP) is 2.71. The molecule has 23 heavy (non-hydrogen) atoms. The number of carbonyl (C=O) groups is 2. The van der Waals surface area contributed by atoms with Crippen molar-refractivity contribution in [2.24, 2.45) is 11.1 Å². The molecule has 3 N–H and O–H groups in total. The Morgan fingerprint density at radius 3 is 2.48 bits per heavy atom. The van der Waals surface area contributed by atoms with Crippen LogP contribution in [0, 0.1) is 12.3 Å². The summed E-state index contributed by atoms with van der Waals surface area (Å²) in [7, 11) is 0. The van der Waals surface area contributed by atoms with Crippen molar-refractivity contribution in [3.05, 3.63) is 22.5 Å². The largest absolute Gasteiger partial charge is 0.354 e. The topological polar surface area (TPSA) is 79.2 Å². The molecule has 2 rings (SSSR count). The van der Waals surface area contributed by atoms with E-state index < -0.39 is 0 Å². The van der Waals surface area contributed by atoms with E-state index in [0.717, 1.165) is 17.7 Å². The number of likely N-dealkylation sites (tertiary alicyclic amines) is 1. The third-order valence-electron chi connectivity index (χ3n) is 4.81. The summed E-state index contributed by atoms with van der Waals surface area (Å²) in [5.74, 6) is -0.0157. The summed E-state index contributed by atoms with van der Waals surface area (Å²) in [6.07, 6.45) is 1.47. The van der Waals surface area contributed by atoms with Crippen LogP contribution in [-0.2, 0) is 6.42 Å². The zero-order chi connectivity index (χ0) is 16.7. The highest BCUT2D eigenvalue weighted by molar-refractivity contribution is 6.02. The van der Waals surface area contributed by atoms with Gasteiger partial charge in [0.25, 0.3) is 5.91 Å². The number of amides is 1. The molecule has 1 aromatic rings. The molecule has 1 atom stereocenters. The molecule has 1 unspecified atom stereocenters. The second kappa shape index (κ2) is 7.05. The number of halogens is 1. The molecule has 1 fully saturated rings. The highest BCUT2D eigenvalue weighted by atomic mass is 35.5. The molecule has 0 saturated carbocycles. The second-order valence-electron chi connectivity index (χ2n) is 7.00. The SMILES string of the molecule is CCc1c(C(=O)N2CCC(N)C(C)(C)C2)[nH]c(C)c1C(C)=O.Cl. The maximum Gasteiger partial charge on any atom is 0.270 e. The summed E-state index contributed by atoms with van der Waals surface area (Å²) >= 11 is 0. The number of hydrogen-bond acceptors (Lipinski definition) is 3. The Kier molecular flexibility index (Phi) is 6.05. The summed E-state index contributed by atoms with van der Waals surface area (Å²) in [6.45, 7) is 10.9. The van der Waals surface area contributed by atoms with Gasteiger partial charge in [0.1, 0.15) is 5.69 Å². The fourth-order valence-electron chi connectivity index (χ4n) is 3.39. The number of ketones is 1. The molecule has 1 amide bonds. The van der Waals surface area contributed by atoms with E-state index in [0.29, 0.717) is 30.8 Å². The number of nitrogens with one attached hydrogen (secondary N) is 1. The molecule has 6 heteroatoms. The zero-order valence-corrected chi connectivity index (χ0v) is 15.5. The lowest BCUT2D eigenvalue weighted by atomic mass is 9.79. The number of carbonyl (C=O) groups excluding carboxylic acids is 2. The van der Waals surface area contributed by atoms with Crippen LogP contribution in [0.15, 0.2) is 0 Å². The number of aryl methyl sites for hydroxylation is 1. The van der Waals surface area contributed by atoms with Crippen LogP contribution >= 0.6 is 12.4 Å². The number of aromatic nitrogens is 1. The average Bonchev–Trinajstić information content (AvgIpc) is 2.77. The first-order chi connectivity index (χ1) is 10.2. The van der Waals surface area contributed by atoms with Gasteiger partial charge in [0.05, 0.1) is 0 Å². The smallest absolute Gasteiger partial charge is 0.270 e. The Morgan fingerprint density at radius 2 is 2.00 bits per heavy atom. The van der Waals surface area contributed by atoms with Crippen LogP contribution in [0.4, 0.5) is 0 Å². The lowest BCUT2D eigenvalue weighted by Crippen LogP contribution is -2.54. The molecular formula is C17H28ClN3O2. The number of H-pyrrole nitrogens is 1. The molecule has 2 heterocycles. The molecule has 0 aromatic carbocycles. The van der Waals surface area contributed by atoms with E-state index in [-0.39, 0.29) is 35.6 Å². The average molecular weight is 342 g/mol. The van der Waals surface area contributed by atoms with Gasteiger partial charge in [0, 0.05) is 30.4 Å². The fraction of sp³-hybridized carbons (Fsp3) is 0.647. The first-order valence-corrected chi connectivity index (χ1v) is 7.96. The Morgan fingerprint density at radius 1 is 1.39 bits per heavy atom. The van der Waals surface area contributed by atoms with Gasteiger partial charge in [-0.3, -0.25) is 9.59 Å². The summed E-state index contributed by atoms with van der Waals surface area (Å²) in [5.41, 5.74) is 8.90. The summed E-state index contributed by atoms with van der Waals surface area (Å²) in [6, 6.07) is 0.111. The number of rotatable bonds is 3. The van der Waals surface area contributed by atoms with Crippen molar-refractivity contribution < 1.29 is 9.59 Å². The summed E-state index contributed by atoms with van der Waals surface area (Å²) in [4.78, 5) is 29.7. The lowest BCUT2D eigenvalue weighted by Gasteiger charge is -2.42. The molecule has 130 valence electrons. The van der Waals surface area contributed by atoms with E-state index in [2.05, 4.69) is 18.8 Å². The number of piperidine rings is 1. The highest BCUT2D eigenvalue weighted by Crippen LogP contribution is 2.30. The molecule has 0 aliphatic carbocycles. The van der Waals surface area contributed by atoms with Crippen LogP contribution in [0.5, 0.6) is 0 Å². The molecular weight excluding hydrogens is 314 g/mol. The zero-order valence-electron chi connectivity index (χ0n) is 14.7. The molecule has 0 bridgehead atoms. The Hall–Kier alpha value is -1.33. The molecule has 0 radical (unpaired) electrons. The Bertz CT molecular complexity index is 607. The van der Waals surface area contributed by atoms with Crippen molar-refractivity contribution in [2.75, 3.05) is 13.1 Å². The van der Waals surface area contributed by atoms with Crippen LogP contribution in [0.2, 0.25) is 0 Å². The van der Waals surface area contributed by atoms with Crippen molar-refractivity contribution in [2.45, 2.75) is 53.5 Å². The standard InChI is InChI=1S/C17H27N3O2.ClH/c1-6-12-14(11(3)21)10(2)19-15(12)16(22)20-8-7-13(18)17(4,5)9-20;/h13,19H,6-9,18H2,1-5H3;1H. The van der Waals surface area contributed by atoms with Gasteiger partial charge in [0.15, 0.2) is 5.78 Å². The number of aromatic amines is 1. The number of hydrogen-bond donors (Lipinski definition) is 2. The van der Waals surface area contributed by atoms with Crippen molar-refractivity contribution >= 4 is 24.1 Å². The Labute approximate surface area is 144 Å². The molecule has 1 aromatic heterocycles. The van der Waals surface area contributed by atoms with E-state index in [1.807, 2.05) is 18.7 Å². The number of nitrogens with two attached hydrogens (primary N) is 1. The maximum absolute atomic E-state index is 12.9. The van der Waals surface area contributed by atoms with Crippen molar-refractivity contribution in [3.8, 4) is 0 Å². The minimum Gasteiger partial charge on any atom is -0.354 e. The van der Waals surface area contributed by atoms with Gasteiger partial charge < -0.3 is 15.6 Å². The van der Waals surface area contributed by atoms with Crippen LogP contribution in [0.3, 0.4) is 0 Å². The monoisotopic (exact) mass is 341 g/mol. The van der Waals surface area contributed by atoms with Gasteiger partial charge in [-0.05, 0) is 37.7 Å². The second-order valence-corrected chi connectivity index (χ2v) is 7.00. The number of Topliss-reactive ketones (excluding diaryl/α,β-unsaturated/α-hetero) is 1. The Balaban J connectivity index is 0.00000264. The molecule has 1 aliphatic rings. The molecule has 1 saturated heterocycles. The first-order valence-electron chi connectivity index (χ1n) is 7.96. The third kappa shape index (κ3) is 3.61. The molecule has 1 aliphatic heterocycles. The summed E-state index contributed by atoms with van der Waals surface area (Å²) in [5, 5.41) is 0. The third-order valence-corrected chi connectivity index (χ3v) is 4.81. The quantitative estimate of drug-likeness (QED) is 0.829. The minimum atomic E-state index is -0.0919. The fourth-order valence-corrected chi connectivity index (χ4v) is 3.39. The van der Waals surface area contributed by atoms with Crippen molar-refractivity contribution in [1.29, 1.82) is 0 Å². The van der Waals surface area contributed by atoms with Crippen LogP contribution in [-0.4, -0.2) is 40.7 Å². The van der Waals surface area contributed by atoms with Gasteiger partial charge in [-0.15, -0.1) is 12.4 Å². The van der Waals surface area contributed by atoms with E-state index in [1.54, 1.807) is 6.92 Å². The first kappa shape index (κ1) is 19.7. The van der Waals surface area contributed by atoms with Gasteiger partial charge in [-0.2, -0.15) is 0 Å². The predicted molar refractivity (Wildman–Crippen MR) is 94.4 cm³/mol. The number of nitrogens with zero attached hydrogens (tertiary/aromatic N) is 1. The molecule has 0 spiro atoms. The van der Waals surface area contributed by atoms with Crippen LogP contribution in [0.25, 0.3) is 0 Å². The van der Waals surface area contributed by atoms with E-state index in [1.165, 1.54) is 0 Å². The van der Waals surface area contributed by atoms with E-state index >= 15 is 0 Å². The molecule has 5 nitrogen and oxygen atoms in total. The van der Waals surface area contributed by atoms with Gasteiger partial charge >= 0.3 is 0 Å². The van der Waals surface area contributed by atoms with E-state index in [9.17, 15) is 9.59 Å². The van der Waals surface area contributed by atoms with Gasteiger partial charge in [-0.25, -0.2) is 0 Å². The summed E-state index contributed by atoms with van der Waals surface area (Å²) < 4.78 is 0. The van der Waals surface area contributed by atoms with Gasteiger partial charge in [-0.1, -0.05) is 20.8 Å².